The van der Waals surface area contributed by atoms with Crippen molar-refractivity contribution in [3.05, 3.63) is 34.9 Å². The number of halogens is 1. The largest absolute Gasteiger partial charge is 0.375 e. The molecule has 0 aliphatic rings. The minimum atomic E-state index is -0.772. The molecule has 0 radical (unpaired) electrons. The lowest BCUT2D eigenvalue weighted by Crippen LogP contribution is -2.46. The van der Waals surface area contributed by atoms with E-state index in [-0.39, 0.29) is 12.5 Å². The molecule has 1 rings (SSSR count). The van der Waals surface area contributed by atoms with Crippen LogP contribution in [0.5, 0.6) is 0 Å². The van der Waals surface area contributed by atoms with Gasteiger partial charge in [-0.15, -0.1) is 0 Å². The summed E-state index contributed by atoms with van der Waals surface area (Å²) in [5, 5.41) is 3.07. The molecule has 98 valence electrons. The number of methoxy groups -OCH3 is 1. The predicted octanol–water partition coefficient (Wildman–Crippen LogP) is 0.499. The summed E-state index contributed by atoms with van der Waals surface area (Å²) in [6, 6.07) is 6.26. The van der Waals surface area contributed by atoms with Crippen molar-refractivity contribution in [3.63, 3.8) is 0 Å². The SMILES string of the molecule is COCC(=O)N[C@@H](Cc1cccc(Cl)c1)C(N)=O. The number of nitrogens with two attached hydrogens (primary N) is 1. The zero-order valence-electron chi connectivity index (χ0n) is 9.98. The first-order chi connectivity index (χ1) is 8.52. The van der Waals surface area contributed by atoms with E-state index in [0.717, 1.165) is 5.56 Å². The molecule has 1 atom stereocenters. The lowest BCUT2D eigenvalue weighted by atomic mass is 10.1. The maximum absolute atomic E-state index is 11.3. The molecule has 0 fully saturated rings. The summed E-state index contributed by atoms with van der Waals surface area (Å²) in [6.45, 7) is -0.112. The van der Waals surface area contributed by atoms with Crippen molar-refractivity contribution in [2.45, 2.75) is 12.5 Å². The molecule has 0 unspecified atom stereocenters. The number of hydrogen-bond donors (Lipinski definition) is 2. The average molecular weight is 271 g/mol. The van der Waals surface area contributed by atoms with Crippen LogP contribution in [-0.2, 0) is 20.7 Å². The normalized spacial score (nSPS) is 11.9. The summed E-state index contributed by atoms with van der Waals surface area (Å²) >= 11 is 5.84. The molecule has 0 spiro atoms. The molecule has 18 heavy (non-hydrogen) atoms. The fourth-order valence-corrected chi connectivity index (χ4v) is 1.70. The Kier molecular flexibility index (Phi) is 5.61. The van der Waals surface area contributed by atoms with Crippen molar-refractivity contribution in [3.8, 4) is 0 Å². The Morgan fingerprint density at radius 2 is 2.22 bits per heavy atom. The van der Waals surface area contributed by atoms with Gasteiger partial charge in [-0.2, -0.15) is 0 Å². The third kappa shape index (κ3) is 4.73. The van der Waals surface area contributed by atoms with E-state index in [1.165, 1.54) is 7.11 Å². The quantitative estimate of drug-likeness (QED) is 0.790. The van der Waals surface area contributed by atoms with E-state index in [9.17, 15) is 9.59 Å². The smallest absolute Gasteiger partial charge is 0.246 e. The van der Waals surface area contributed by atoms with Crippen LogP contribution in [0.2, 0.25) is 5.02 Å². The number of ether oxygens (including phenoxy) is 1. The Bertz CT molecular complexity index is 437. The molecule has 0 bridgehead atoms. The highest BCUT2D eigenvalue weighted by Gasteiger charge is 2.18. The molecule has 3 N–H and O–H groups in total. The van der Waals surface area contributed by atoms with Crippen molar-refractivity contribution >= 4 is 23.4 Å². The van der Waals surface area contributed by atoms with Gasteiger partial charge >= 0.3 is 0 Å². The van der Waals surface area contributed by atoms with Gasteiger partial charge in [0, 0.05) is 18.6 Å². The minimum Gasteiger partial charge on any atom is -0.375 e. The van der Waals surface area contributed by atoms with Gasteiger partial charge in [0.1, 0.15) is 12.6 Å². The first-order valence-electron chi connectivity index (χ1n) is 5.35. The lowest BCUT2D eigenvalue weighted by molar-refractivity contribution is -0.129. The fourth-order valence-electron chi connectivity index (χ4n) is 1.49. The molecule has 0 aliphatic carbocycles. The Balaban J connectivity index is 2.69. The highest BCUT2D eigenvalue weighted by Crippen LogP contribution is 2.12. The van der Waals surface area contributed by atoms with Gasteiger partial charge in [0.25, 0.3) is 0 Å². The lowest BCUT2D eigenvalue weighted by Gasteiger charge is -2.15. The van der Waals surface area contributed by atoms with Gasteiger partial charge in [-0.05, 0) is 17.7 Å². The number of rotatable bonds is 6. The second-order valence-electron chi connectivity index (χ2n) is 3.79. The highest BCUT2D eigenvalue weighted by molar-refractivity contribution is 6.30. The number of carbonyl (C=O) groups is 2. The molecule has 2 amide bonds. The molecule has 0 heterocycles. The maximum Gasteiger partial charge on any atom is 0.246 e. The van der Waals surface area contributed by atoms with Crippen molar-refractivity contribution < 1.29 is 14.3 Å². The third-order valence-electron chi connectivity index (χ3n) is 2.28. The molecule has 1 aromatic rings. The van der Waals surface area contributed by atoms with Crippen LogP contribution in [0.4, 0.5) is 0 Å². The number of carbonyl (C=O) groups excluding carboxylic acids is 2. The molecule has 0 aromatic heterocycles. The van der Waals surface area contributed by atoms with Gasteiger partial charge in [0.05, 0.1) is 0 Å². The summed E-state index contributed by atoms with van der Waals surface area (Å²) < 4.78 is 4.67. The monoisotopic (exact) mass is 270 g/mol. The van der Waals surface area contributed by atoms with Crippen LogP contribution in [0.15, 0.2) is 24.3 Å². The molecule has 0 aliphatic heterocycles. The maximum atomic E-state index is 11.3. The standard InChI is InChI=1S/C12H15ClN2O3/c1-18-7-11(16)15-10(12(14)17)6-8-3-2-4-9(13)5-8/h2-5,10H,6-7H2,1H3,(H2,14,17)(H,15,16)/t10-/m0/s1. The van der Waals surface area contributed by atoms with Crippen LogP contribution in [-0.4, -0.2) is 31.6 Å². The fraction of sp³-hybridized carbons (Fsp3) is 0.333. The zero-order valence-corrected chi connectivity index (χ0v) is 10.7. The zero-order chi connectivity index (χ0) is 13.5. The summed E-state index contributed by atoms with van der Waals surface area (Å²) in [5.41, 5.74) is 6.06. The van der Waals surface area contributed by atoms with Crippen LogP contribution >= 0.6 is 11.6 Å². The van der Waals surface area contributed by atoms with Gasteiger partial charge in [-0.25, -0.2) is 0 Å². The van der Waals surface area contributed by atoms with Gasteiger partial charge in [0.15, 0.2) is 0 Å². The molecule has 0 saturated heterocycles. The highest BCUT2D eigenvalue weighted by atomic mass is 35.5. The summed E-state index contributed by atoms with van der Waals surface area (Å²) in [4.78, 5) is 22.6. The van der Waals surface area contributed by atoms with Crippen molar-refractivity contribution in [1.82, 2.24) is 5.32 Å². The van der Waals surface area contributed by atoms with Crippen LogP contribution in [0.1, 0.15) is 5.56 Å². The first kappa shape index (κ1) is 14.5. The Hall–Kier alpha value is -1.59. The van der Waals surface area contributed by atoms with E-state index in [4.69, 9.17) is 17.3 Å². The van der Waals surface area contributed by atoms with Crippen LogP contribution in [0.3, 0.4) is 0 Å². The molecule has 0 saturated carbocycles. The summed E-state index contributed by atoms with van der Waals surface area (Å²) in [5.74, 6) is -0.984. The van der Waals surface area contributed by atoms with E-state index in [2.05, 4.69) is 10.1 Å². The summed E-state index contributed by atoms with van der Waals surface area (Å²) in [7, 11) is 1.40. The first-order valence-corrected chi connectivity index (χ1v) is 5.72. The van der Waals surface area contributed by atoms with Crippen LogP contribution in [0, 0.1) is 0 Å². The van der Waals surface area contributed by atoms with Gasteiger partial charge in [-0.3, -0.25) is 9.59 Å². The predicted molar refractivity (Wildman–Crippen MR) is 68.2 cm³/mol. The number of benzene rings is 1. The second-order valence-corrected chi connectivity index (χ2v) is 4.23. The van der Waals surface area contributed by atoms with Crippen LogP contribution < -0.4 is 11.1 Å². The topological polar surface area (TPSA) is 81.4 Å². The molecular formula is C12H15ClN2O3. The van der Waals surface area contributed by atoms with Crippen molar-refractivity contribution in [2.75, 3.05) is 13.7 Å². The Morgan fingerprint density at radius 1 is 1.50 bits per heavy atom. The Labute approximate surface area is 110 Å². The van der Waals surface area contributed by atoms with E-state index in [0.29, 0.717) is 11.4 Å². The van der Waals surface area contributed by atoms with Gasteiger partial charge in [-0.1, -0.05) is 23.7 Å². The number of amides is 2. The van der Waals surface area contributed by atoms with E-state index >= 15 is 0 Å². The number of hydrogen-bond acceptors (Lipinski definition) is 3. The van der Waals surface area contributed by atoms with Crippen molar-refractivity contribution in [2.24, 2.45) is 5.73 Å². The molecule has 1 aromatic carbocycles. The van der Waals surface area contributed by atoms with Gasteiger partial charge in [0.2, 0.25) is 11.8 Å². The number of primary amides is 1. The number of nitrogens with one attached hydrogen (secondary N) is 1. The van der Waals surface area contributed by atoms with E-state index in [1.807, 2.05) is 6.07 Å². The Morgan fingerprint density at radius 3 is 2.78 bits per heavy atom. The summed E-state index contributed by atoms with van der Waals surface area (Å²) in [6.07, 6.45) is 0.297. The van der Waals surface area contributed by atoms with Crippen LogP contribution in [0.25, 0.3) is 0 Å². The molecular weight excluding hydrogens is 256 g/mol. The van der Waals surface area contributed by atoms with E-state index < -0.39 is 11.9 Å². The third-order valence-corrected chi connectivity index (χ3v) is 2.52. The average Bonchev–Trinajstić information content (AvgIpc) is 2.28. The van der Waals surface area contributed by atoms with E-state index in [1.54, 1.807) is 18.2 Å². The second kappa shape index (κ2) is 6.98. The van der Waals surface area contributed by atoms with Crippen molar-refractivity contribution in [1.29, 1.82) is 0 Å². The molecule has 5 nitrogen and oxygen atoms in total. The minimum absolute atomic E-state index is 0.112. The molecule has 6 heteroatoms. The van der Waals surface area contributed by atoms with Gasteiger partial charge < -0.3 is 15.8 Å².